The number of hydrogen-bond donors (Lipinski definition) is 1. The van der Waals surface area contributed by atoms with Crippen molar-refractivity contribution in [3.8, 4) is 23.0 Å². The van der Waals surface area contributed by atoms with Crippen molar-refractivity contribution in [2.45, 2.75) is 26.7 Å². The number of carbonyl (C=O) groups is 1. The number of nitrogens with one attached hydrogen (secondary N) is 1. The normalized spacial score (nSPS) is 10.9. The zero-order valence-corrected chi connectivity index (χ0v) is 19.6. The molecule has 11 nitrogen and oxygen atoms in total. The molecule has 0 fully saturated rings. The first-order valence-electron chi connectivity index (χ1n) is 10.5. The Kier molecular flexibility index (Phi) is 7.79. The van der Waals surface area contributed by atoms with Gasteiger partial charge in [-0.25, -0.2) is 0 Å². The molecule has 3 aromatic rings. The lowest BCUT2D eigenvalue weighted by Crippen LogP contribution is -2.16. The molecule has 0 unspecified atom stereocenters. The predicted molar refractivity (Wildman–Crippen MR) is 124 cm³/mol. The Morgan fingerprint density at radius 3 is 2.59 bits per heavy atom. The second kappa shape index (κ2) is 10.8. The van der Waals surface area contributed by atoms with Gasteiger partial charge in [0.15, 0.2) is 17.3 Å². The molecule has 0 saturated carbocycles. The molecule has 0 saturated heterocycles. The molecule has 1 heterocycles. The SMILES string of the molecule is COCCOc1cc([N+](=O)[O-])c(C(=O)Nc2c(C)cccc2-c2nc(C(C)C)no2)cc1OC. The van der Waals surface area contributed by atoms with E-state index in [0.717, 1.165) is 6.07 Å². The van der Waals surface area contributed by atoms with E-state index < -0.39 is 16.5 Å². The summed E-state index contributed by atoms with van der Waals surface area (Å²) in [5, 5.41) is 18.5. The van der Waals surface area contributed by atoms with Gasteiger partial charge in [-0.05, 0) is 18.6 Å². The van der Waals surface area contributed by atoms with Gasteiger partial charge in [-0.2, -0.15) is 4.98 Å². The van der Waals surface area contributed by atoms with Crippen LogP contribution in [-0.2, 0) is 4.74 Å². The van der Waals surface area contributed by atoms with Gasteiger partial charge in [-0.3, -0.25) is 14.9 Å². The number of benzene rings is 2. The maximum Gasteiger partial charge on any atom is 0.286 e. The molecule has 1 amide bonds. The van der Waals surface area contributed by atoms with Gasteiger partial charge in [0.05, 0.1) is 36.0 Å². The molecule has 1 N–H and O–H groups in total. The molecule has 2 aromatic carbocycles. The number of para-hydroxylation sites is 1. The molecule has 1 aromatic heterocycles. The van der Waals surface area contributed by atoms with Crippen molar-refractivity contribution in [1.29, 1.82) is 0 Å². The molecular formula is C23H26N4O7. The first-order chi connectivity index (χ1) is 16.3. The maximum absolute atomic E-state index is 13.2. The fourth-order valence-electron chi connectivity index (χ4n) is 3.16. The van der Waals surface area contributed by atoms with Gasteiger partial charge >= 0.3 is 0 Å². The quantitative estimate of drug-likeness (QED) is 0.260. The first kappa shape index (κ1) is 24.6. The van der Waals surface area contributed by atoms with Crippen LogP contribution in [0.1, 0.15) is 41.5 Å². The summed E-state index contributed by atoms with van der Waals surface area (Å²) >= 11 is 0. The van der Waals surface area contributed by atoms with Gasteiger partial charge < -0.3 is 24.1 Å². The van der Waals surface area contributed by atoms with Crippen LogP contribution in [-0.4, -0.2) is 48.4 Å². The third-order valence-electron chi connectivity index (χ3n) is 4.97. The number of aryl methyl sites for hydroxylation is 1. The van der Waals surface area contributed by atoms with E-state index in [1.165, 1.54) is 20.3 Å². The molecule has 0 aliphatic carbocycles. The van der Waals surface area contributed by atoms with Gasteiger partial charge in [0, 0.05) is 19.1 Å². The summed E-state index contributed by atoms with van der Waals surface area (Å²) in [7, 11) is 2.89. The average molecular weight is 470 g/mol. The Hall–Kier alpha value is -3.99. The van der Waals surface area contributed by atoms with Crippen LogP contribution in [0.15, 0.2) is 34.9 Å². The highest BCUT2D eigenvalue weighted by atomic mass is 16.6. The van der Waals surface area contributed by atoms with Crippen LogP contribution in [0.3, 0.4) is 0 Å². The summed E-state index contributed by atoms with van der Waals surface area (Å²) < 4.78 is 21.1. The highest BCUT2D eigenvalue weighted by molar-refractivity contribution is 6.09. The second-order valence-corrected chi connectivity index (χ2v) is 7.68. The molecule has 11 heteroatoms. The van der Waals surface area contributed by atoms with E-state index in [1.54, 1.807) is 25.1 Å². The second-order valence-electron chi connectivity index (χ2n) is 7.68. The first-order valence-corrected chi connectivity index (χ1v) is 10.5. The molecular weight excluding hydrogens is 444 g/mol. The van der Waals surface area contributed by atoms with E-state index in [9.17, 15) is 14.9 Å². The number of aromatic nitrogens is 2. The van der Waals surface area contributed by atoms with Gasteiger partial charge in [0.2, 0.25) is 0 Å². The Bertz CT molecular complexity index is 1190. The molecule has 0 radical (unpaired) electrons. The fraction of sp³-hybridized carbons (Fsp3) is 0.348. The van der Waals surface area contributed by atoms with Crippen LogP contribution < -0.4 is 14.8 Å². The minimum Gasteiger partial charge on any atom is -0.493 e. The number of hydrogen-bond acceptors (Lipinski definition) is 9. The van der Waals surface area contributed by atoms with Gasteiger partial charge in [0.1, 0.15) is 12.2 Å². The molecule has 180 valence electrons. The minimum absolute atomic E-state index is 0.0556. The van der Waals surface area contributed by atoms with E-state index in [0.29, 0.717) is 22.6 Å². The molecule has 0 bridgehead atoms. The van der Waals surface area contributed by atoms with Crippen molar-refractivity contribution >= 4 is 17.3 Å². The van der Waals surface area contributed by atoms with Crippen LogP contribution in [0.25, 0.3) is 11.5 Å². The van der Waals surface area contributed by atoms with Crippen molar-refractivity contribution in [3.63, 3.8) is 0 Å². The number of methoxy groups -OCH3 is 2. The maximum atomic E-state index is 13.2. The molecule has 0 spiro atoms. The standard InChI is InChI=1S/C23H26N4O7/c1-13(2)21-25-23(34-26-21)15-8-6-7-14(3)20(15)24-22(28)16-11-18(32-5)19(33-10-9-31-4)12-17(16)27(29)30/h6-8,11-13H,9-10H2,1-5H3,(H,24,28). The Balaban J connectivity index is 2.00. The van der Waals surface area contributed by atoms with Crippen molar-refractivity contribution in [2.75, 3.05) is 32.8 Å². The lowest BCUT2D eigenvalue weighted by molar-refractivity contribution is -0.385. The largest absolute Gasteiger partial charge is 0.493 e. The molecule has 0 aliphatic rings. The van der Waals surface area contributed by atoms with Gasteiger partial charge in [-0.1, -0.05) is 31.1 Å². The van der Waals surface area contributed by atoms with E-state index in [-0.39, 0.29) is 42.1 Å². The number of nitro groups is 1. The van der Waals surface area contributed by atoms with Crippen molar-refractivity contribution < 1.29 is 28.5 Å². The lowest BCUT2D eigenvalue weighted by atomic mass is 10.1. The summed E-state index contributed by atoms with van der Waals surface area (Å²) in [5.41, 5.74) is 0.996. The predicted octanol–water partition coefficient (Wildman–Crippen LogP) is 4.36. The number of ether oxygens (including phenoxy) is 3. The number of nitro benzene ring substituents is 1. The summed E-state index contributed by atoms with van der Waals surface area (Å²) in [5.74, 6) is 0.421. The zero-order valence-electron chi connectivity index (χ0n) is 19.6. The van der Waals surface area contributed by atoms with Crippen LogP contribution >= 0.6 is 0 Å². The van der Waals surface area contributed by atoms with Crippen molar-refractivity contribution in [3.05, 3.63) is 57.4 Å². The molecule has 34 heavy (non-hydrogen) atoms. The zero-order chi connectivity index (χ0) is 24.8. The van der Waals surface area contributed by atoms with E-state index >= 15 is 0 Å². The topological polar surface area (TPSA) is 139 Å². The van der Waals surface area contributed by atoms with Crippen molar-refractivity contribution in [1.82, 2.24) is 10.1 Å². The molecule has 0 atom stereocenters. The number of nitrogens with zero attached hydrogens (tertiary/aromatic N) is 3. The lowest BCUT2D eigenvalue weighted by Gasteiger charge is -2.14. The summed E-state index contributed by atoms with van der Waals surface area (Å²) in [4.78, 5) is 28.7. The number of carbonyl (C=O) groups excluding carboxylic acids is 1. The Labute approximate surface area is 196 Å². The fourth-order valence-corrected chi connectivity index (χ4v) is 3.16. The Morgan fingerprint density at radius 1 is 1.21 bits per heavy atom. The van der Waals surface area contributed by atoms with E-state index in [1.807, 2.05) is 13.8 Å². The third kappa shape index (κ3) is 5.31. The summed E-state index contributed by atoms with van der Waals surface area (Å²) in [6.45, 7) is 6.10. The van der Waals surface area contributed by atoms with Crippen LogP contribution in [0, 0.1) is 17.0 Å². The van der Waals surface area contributed by atoms with Gasteiger partial charge in [-0.15, -0.1) is 0 Å². The van der Waals surface area contributed by atoms with E-state index in [2.05, 4.69) is 15.5 Å². The van der Waals surface area contributed by atoms with Crippen LogP contribution in [0.5, 0.6) is 11.5 Å². The third-order valence-corrected chi connectivity index (χ3v) is 4.97. The summed E-state index contributed by atoms with van der Waals surface area (Å²) in [6.07, 6.45) is 0. The average Bonchev–Trinajstić information content (AvgIpc) is 3.30. The Morgan fingerprint density at radius 2 is 1.97 bits per heavy atom. The smallest absolute Gasteiger partial charge is 0.286 e. The number of amides is 1. The molecule has 3 rings (SSSR count). The van der Waals surface area contributed by atoms with Gasteiger partial charge in [0.25, 0.3) is 17.5 Å². The van der Waals surface area contributed by atoms with Crippen LogP contribution in [0.4, 0.5) is 11.4 Å². The van der Waals surface area contributed by atoms with E-state index in [4.69, 9.17) is 18.7 Å². The number of anilines is 1. The van der Waals surface area contributed by atoms with Crippen molar-refractivity contribution in [2.24, 2.45) is 0 Å². The highest BCUT2D eigenvalue weighted by Crippen LogP contribution is 2.36. The molecule has 0 aliphatic heterocycles. The highest BCUT2D eigenvalue weighted by Gasteiger charge is 2.26. The number of rotatable bonds is 10. The minimum atomic E-state index is -0.701. The monoisotopic (exact) mass is 470 g/mol. The van der Waals surface area contributed by atoms with Crippen LogP contribution in [0.2, 0.25) is 0 Å². The summed E-state index contributed by atoms with van der Waals surface area (Å²) in [6, 6.07) is 7.74.